The number of rotatable bonds is 9. The first-order valence-corrected chi connectivity index (χ1v) is 9.80. The fraction of sp³-hybridized carbons (Fsp3) is 0.227. The monoisotopic (exact) mass is 430 g/mol. The van der Waals surface area contributed by atoms with Gasteiger partial charge in [0.25, 0.3) is 5.91 Å². The normalized spacial score (nSPS) is 10.5. The minimum absolute atomic E-state index is 0.214. The Kier molecular flexibility index (Phi) is 9.40. The number of benzene rings is 2. The lowest BCUT2D eigenvalue weighted by molar-refractivity contribution is -0.116. The maximum absolute atomic E-state index is 12.1. The summed E-state index contributed by atoms with van der Waals surface area (Å²) in [5.74, 6) is -0.181. The topological polar surface area (TPSA) is 93.7 Å². The highest BCUT2D eigenvalue weighted by atomic mass is 35.5. The van der Waals surface area contributed by atoms with Gasteiger partial charge in [0, 0.05) is 29.8 Å². The Labute approximate surface area is 180 Å². The maximum Gasteiger partial charge on any atom is 0.513 e. The Bertz CT molecular complexity index is 879. The predicted molar refractivity (Wildman–Crippen MR) is 115 cm³/mol. The van der Waals surface area contributed by atoms with Gasteiger partial charge in [0.2, 0.25) is 5.91 Å². The first-order valence-electron chi connectivity index (χ1n) is 9.42. The summed E-state index contributed by atoms with van der Waals surface area (Å²) in [6, 6.07) is 13.3. The van der Waals surface area contributed by atoms with Crippen molar-refractivity contribution in [3.8, 4) is 5.75 Å². The molecule has 2 aromatic rings. The van der Waals surface area contributed by atoms with Gasteiger partial charge in [0.1, 0.15) is 5.75 Å². The third-order valence-corrected chi connectivity index (χ3v) is 4.07. The summed E-state index contributed by atoms with van der Waals surface area (Å²) < 4.78 is 9.61. The summed E-state index contributed by atoms with van der Waals surface area (Å²) in [5.41, 5.74) is 1.31. The average Bonchev–Trinajstić information content (AvgIpc) is 2.73. The van der Waals surface area contributed by atoms with Crippen LogP contribution in [0.4, 0.5) is 4.79 Å². The second kappa shape index (κ2) is 12.3. The third kappa shape index (κ3) is 8.36. The van der Waals surface area contributed by atoms with Crippen LogP contribution in [0, 0.1) is 0 Å². The van der Waals surface area contributed by atoms with Gasteiger partial charge >= 0.3 is 6.16 Å². The molecule has 0 aliphatic carbocycles. The van der Waals surface area contributed by atoms with Crippen molar-refractivity contribution >= 4 is 35.6 Å². The number of hydrogen-bond acceptors (Lipinski definition) is 5. The van der Waals surface area contributed by atoms with E-state index in [4.69, 9.17) is 16.3 Å². The first kappa shape index (κ1) is 23.0. The molecule has 0 aromatic heterocycles. The molecule has 0 radical (unpaired) electrons. The van der Waals surface area contributed by atoms with E-state index in [2.05, 4.69) is 15.4 Å². The zero-order chi connectivity index (χ0) is 21.8. The largest absolute Gasteiger partial charge is 0.513 e. The third-order valence-electron chi connectivity index (χ3n) is 3.82. The predicted octanol–water partition coefficient (Wildman–Crippen LogP) is 3.82. The number of amides is 2. The number of nitrogens with one attached hydrogen (secondary N) is 2. The molecule has 0 aliphatic rings. The van der Waals surface area contributed by atoms with E-state index in [1.807, 2.05) is 12.1 Å². The van der Waals surface area contributed by atoms with Crippen LogP contribution in [0.2, 0.25) is 5.02 Å². The molecule has 2 rings (SSSR count). The van der Waals surface area contributed by atoms with Crippen LogP contribution in [0.25, 0.3) is 6.08 Å². The van der Waals surface area contributed by atoms with E-state index in [0.29, 0.717) is 35.8 Å². The van der Waals surface area contributed by atoms with Gasteiger partial charge in [-0.15, -0.1) is 0 Å². The van der Waals surface area contributed by atoms with Crippen LogP contribution in [-0.2, 0) is 9.53 Å². The molecule has 0 atom stereocenters. The molecule has 0 bridgehead atoms. The van der Waals surface area contributed by atoms with Crippen LogP contribution in [-0.4, -0.2) is 37.7 Å². The lowest BCUT2D eigenvalue weighted by Crippen LogP contribution is -2.29. The van der Waals surface area contributed by atoms with Crippen molar-refractivity contribution in [3.63, 3.8) is 0 Å². The molecular formula is C22H23ClN2O5. The summed E-state index contributed by atoms with van der Waals surface area (Å²) in [7, 11) is 0. The summed E-state index contributed by atoms with van der Waals surface area (Å²) in [5, 5.41) is 6.15. The van der Waals surface area contributed by atoms with Crippen molar-refractivity contribution in [2.75, 3.05) is 19.7 Å². The zero-order valence-corrected chi connectivity index (χ0v) is 17.3. The summed E-state index contributed by atoms with van der Waals surface area (Å²) in [6.07, 6.45) is 2.93. The van der Waals surface area contributed by atoms with Gasteiger partial charge in [-0.2, -0.15) is 0 Å². The Balaban J connectivity index is 1.65. The van der Waals surface area contributed by atoms with E-state index in [1.54, 1.807) is 37.3 Å². The molecule has 0 spiro atoms. The molecule has 30 heavy (non-hydrogen) atoms. The van der Waals surface area contributed by atoms with E-state index in [1.165, 1.54) is 18.2 Å². The van der Waals surface area contributed by atoms with E-state index >= 15 is 0 Å². The van der Waals surface area contributed by atoms with Gasteiger partial charge in [-0.1, -0.05) is 23.7 Å². The maximum atomic E-state index is 12.1. The smallest absolute Gasteiger partial charge is 0.434 e. The van der Waals surface area contributed by atoms with Crippen LogP contribution >= 0.6 is 11.6 Å². The van der Waals surface area contributed by atoms with Crippen LogP contribution in [0.3, 0.4) is 0 Å². The van der Waals surface area contributed by atoms with E-state index in [0.717, 1.165) is 5.56 Å². The number of halogens is 1. The highest BCUT2D eigenvalue weighted by Crippen LogP contribution is 2.13. The van der Waals surface area contributed by atoms with Crippen LogP contribution in [0.15, 0.2) is 54.6 Å². The highest BCUT2D eigenvalue weighted by Gasteiger charge is 2.08. The second-order valence-corrected chi connectivity index (χ2v) is 6.53. The molecule has 0 unspecified atom stereocenters. The number of ether oxygens (including phenoxy) is 2. The van der Waals surface area contributed by atoms with Gasteiger partial charge < -0.3 is 20.1 Å². The van der Waals surface area contributed by atoms with Crippen molar-refractivity contribution in [2.45, 2.75) is 13.3 Å². The Morgan fingerprint density at radius 1 is 0.967 bits per heavy atom. The van der Waals surface area contributed by atoms with E-state index in [9.17, 15) is 14.4 Å². The van der Waals surface area contributed by atoms with Gasteiger partial charge in [-0.25, -0.2) is 4.79 Å². The molecule has 2 N–H and O–H groups in total. The van der Waals surface area contributed by atoms with Gasteiger partial charge in [-0.3, -0.25) is 9.59 Å². The molecule has 0 aliphatic heterocycles. The van der Waals surface area contributed by atoms with Gasteiger partial charge in [0.15, 0.2) is 0 Å². The van der Waals surface area contributed by atoms with E-state index < -0.39 is 6.16 Å². The highest BCUT2D eigenvalue weighted by molar-refractivity contribution is 6.30. The fourth-order valence-corrected chi connectivity index (χ4v) is 2.45. The van der Waals surface area contributed by atoms with Crippen LogP contribution in [0.1, 0.15) is 29.3 Å². The SMILES string of the molecule is CCOC(=O)Oc1ccc(C(=O)NCCCNC(=O)/C=C/c2ccc(Cl)cc2)cc1. The summed E-state index contributed by atoms with van der Waals surface area (Å²) in [6.45, 7) is 2.73. The van der Waals surface area contributed by atoms with Crippen molar-refractivity contribution in [3.05, 3.63) is 70.8 Å². The summed E-state index contributed by atoms with van der Waals surface area (Å²) >= 11 is 5.81. The Morgan fingerprint density at radius 2 is 1.63 bits per heavy atom. The summed E-state index contributed by atoms with van der Waals surface area (Å²) in [4.78, 5) is 35.1. The average molecular weight is 431 g/mol. The lowest BCUT2D eigenvalue weighted by atomic mass is 10.2. The molecule has 2 aromatic carbocycles. The minimum atomic E-state index is -0.792. The fourth-order valence-electron chi connectivity index (χ4n) is 2.33. The van der Waals surface area contributed by atoms with Gasteiger partial charge in [-0.05, 0) is 61.4 Å². The first-order chi connectivity index (χ1) is 14.5. The van der Waals surface area contributed by atoms with Crippen molar-refractivity contribution in [2.24, 2.45) is 0 Å². The van der Waals surface area contributed by atoms with Crippen molar-refractivity contribution in [1.82, 2.24) is 10.6 Å². The van der Waals surface area contributed by atoms with E-state index in [-0.39, 0.29) is 18.4 Å². The second-order valence-electron chi connectivity index (χ2n) is 6.09. The standard InChI is InChI=1S/C22H23ClN2O5/c1-2-29-22(28)30-19-11-7-17(8-12-19)21(27)25-15-3-14-24-20(26)13-6-16-4-9-18(23)10-5-16/h4-13H,2-3,14-15H2,1H3,(H,24,26)(H,25,27)/b13-6+. The van der Waals surface area contributed by atoms with Crippen LogP contribution < -0.4 is 15.4 Å². The molecule has 7 nitrogen and oxygen atoms in total. The molecule has 0 saturated carbocycles. The Morgan fingerprint density at radius 3 is 2.30 bits per heavy atom. The van der Waals surface area contributed by atoms with Gasteiger partial charge in [0.05, 0.1) is 6.61 Å². The molecule has 158 valence electrons. The zero-order valence-electron chi connectivity index (χ0n) is 16.5. The van der Waals surface area contributed by atoms with Crippen molar-refractivity contribution < 1.29 is 23.9 Å². The molecule has 0 saturated heterocycles. The molecular weight excluding hydrogens is 408 g/mol. The Hall–Kier alpha value is -3.32. The minimum Gasteiger partial charge on any atom is -0.434 e. The van der Waals surface area contributed by atoms with Crippen LogP contribution in [0.5, 0.6) is 5.75 Å². The quantitative estimate of drug-likeness (QED) is 0.273. The molecule has 8 heteroatoms. The number of carbonyl (C=O) groups is 3. The lowest BCUT2D eigenvalue weighted by Gasteiger charge is -2.07. The number of carbonyl (C=O) groups excluding carboxylic acids is 3. The van der Waals surface area contributed by atoms with Crippen molar-refractivity contribution in [1.29, 1.82) is 0 Å². The number of hydrogen-bond donors (Lipinski definition) is 2. The molecule has 0 heterocycles. The molecule has 2 amide bonds. The molecule has 0 fully saturated rings.